The fraction of sp³-hybridized carbons (Fsp3) is 0.389. The Kier molecular flexibility index (Phi) is 4.60. The molecule has 1 aliphatic rings. The number of aromatic nitrogens is 4. The predicted octanol–water partition coefficient (Wildman–Crippen LogP) is 2.88. The summed E-state index contributed by atoms with van der Waals surface area (Å²) in [5.74, 6) is -0.380. The van der Waals surface area contributed by atoms with Crippen LogP contribution in [0.5, 0.6) is 0 Å². The van der Waals surface area contributed by atoms with Gasteiger partial charge in [0.1, 0.15) is 5.65 Å². The minimum absolute atomic E-state index is 0.227. The van der Waals surface area contributed by atoms with Gasteiger partial charge in [0.25, 0.3) is 0 Å². The molecule has 0 aliphatic heterocycles. The van der Waals surface area contributed by atoms with Gasteiger partial charge in [0.2, 0.25) is 0 Å². The second-order valence-electron chi connectivity index (χ2n) is 6.69. The number of halogens is 2. The van der Waals surface area contributed by atoms with Crippen LogP contribution >= 0.6 is 11.6 Å². The van der Waals surface area contributed by atoms with Crippen LogP contribution < -0.4 is 0 Å². The third-order valence-electron chi connectivity index (χ3n) is 4.96. The minimum Gasteiger partial charge on any atom is -0.390 e. The summed E-state index contributed by atoms with van der Waals surface area (Å²) in [6, 6.07) is 1.75. The number of hydrogen-bond acceptors (Lipinski definition) is 5. The standard InChI is InChI=1S/C18H18ClFN4O2/c19-10-5-11-12(7-22-17(11)21-6-10)18-23-8-13(20)14(24-18)4-9-2-1-3-15(25)16(9)26/h5-9,15-16,25-26H,1-4H2,(H,21,22)/t9-,15-,16-/m0/s1. The molecule has 0 spiro atoms. The second-order valence-corrected chi connectivity index (χ2v) is 7.13. The lowest BCUT2D eigenvalue weighted by atomic mass is 9.82. The van der Waals surface area contributed by atoms with Crippen LogP contribution in [0.15, 0.2) is 24.7 Å². The average Bonchev–Trinajstić information content (AvgIpc) is 3.04. The normalized spacial score (nSPS) is 23.5. The summed E-state index contributed by atoms with van der Waals surface area (Å²) in [6.07, 6.45) is 5.11. The molecule has 136 valence electrons. The number of pyridine rings is 1. The number of rotatable bonds is 3. The number of aliphatic hydroxyl groups is 2. The fourth-order valence-electron chi connectivity index (χ4n) is 3.55. The van der Waals surface area contributed by atoms with E-state index in [0.717, 1.165) is 24.4 Å². The molecule has 0 saturated heterocycles. The molecule has 3 aromatic rings. The molecule has 1 saturated carbocycles. The molecule has 6 nitrogen and oxygen atoms in total. The molecule has 3 heterocycles. The molecule has 1 fully saturated rings. The van der Waals surface area contributed by atoms with Crippen LogP contribution in [0.4, 0.5) is 4.39 Å². The van der Waals surface area contributed by atoms with Crippen molar-refractivity contribution in [3.05, 3.63) is 41.2 Å². The average molecular weight is 377 g/mol. The number of aliphatic hydroxyl groups excluding tert-OH is 2. The monoisotopic (exact) mass is 376 g/mol. The Bertz CT molecular complexity index is 948. The van der Waals surface area contributed by atoms with Crippen LogP contribution in [0.2, 0.25) is 5.02 Å². The zero-order chi connectivity index (χ0) is 18.3. The highest BCUT2D eigenvalue weighted by molar-refractivity contribution is 6.31. The van der Waals surface area contributed by atoms with Crippen molar-refractivity contribution < 1.29 is 14.6 Å². The highest BCUT2D eigenvalue weighted by Gasteiger charge is 2.31. The van der Waals surface area contributed by atoms with Gasteiger partial charge in [-0.25, -0.2) is 19.3 Å². The molecule has 3 aromatic heterocycles. The number of nitrogens with zero attached hydrogens (tertiary/aromatic N) is 3. The number of H-pyrrole nitrogens is 1. The Morgan fingerprint density at radius 3 is 2.92 bits per heavy atom. The van der Waals surface area contributed by atoms with Gasteiger partial charge in [-0.3, -0.25) is 0 Å². The van der Waals surface area contributed by atoms with Crippen LogP contribution in [0.3, 0.4) is 0 Å². The smallest absolute Gasteiger partial charge is 0.163 e. The van der Waals surface area contributed by atoms with Crippen LogP contribution in [-0.4, -0.2) is 42.4 Å². The van der Waals surface area contributed by atoms with Gasteiger partial charge >= 0.3 is 0 Å². The molecule has 4 rings (SSSR count). The first-order valence-corrected chi connectivity index (χ1v) is 8.91. The maximum absolute atomic E-state index is 14.3. The molecule has 0 unspecified atom stereocenters. The van der Waals surface area contributed by atoms with Crippen molar-refractivity contribution in [3.63, 3.8) is 0 Å². The summed E-state index contributed by atoms with van der Waals surface area (Å²) < 4.78 is 14.3. The van der Waals surface area contributed by atoms with Crippen molar-refractivity contribution in [3.8, 4) is 11.4 Å². The molecule has 0 radical (unpaired) electrons. The third kappa shape index (κ3) is 3.18. The largest absolute Gasteiger partial charge is 0.390 e. The Labute approximate surface area is 154 Å². The third-order valence-corrected chi connectivity index (χ3v) is 5.17. The van der Waals surface area contributed by atoms with E-state index >= 15 is 0 Å². The molecule has 0 bridgehead atoms. The van der Waals surface area contributed by atoms with E-state index in [1.165, 1.54) is 6.20 Å². The van der Waals surface area contributed by atoms with Gasteiger partial charge in [0.15, 0.2) is 11.6 Å². The van der Waals surface area contributed by atoms with E-state index < -0.39 is 18.0 Å². The molecule has 3 atom stereocenters. The summed E-state index contributed by atoms with van der Waals surface area (Å²) >= 11 is 6.02. The Morgan fingerprint density at radius 2 is 2.08 bits per heavy atom. The van der Waals surface area contributed by atoms with Crippen molar-refractivity contribution in [2.75, 3.05) is 0 Å². The van der Waals surface area contributed by atoms with Crippen LogP contribution in [0.1, 0.15) is 25.0 Å². The SMILES string of the molecule is O[C@H]1[C@H](Cc2nc(-c3c[nH]c4ncc(Cl)cc34)ncc2F)CCC[C@@H]1O. The number of fused-ring (bicyclic) bond motifs is 1. The lowest BCUT2D eigenvalue weighted by molar-refractivity contribution is -0.0447. The van der Waals surface area contributed by atoms with Crippen molar-refractivity contribution >= 4 is 22.6 Å². The van der Waals surface area contributed by atoms with Gasteiger partial charge in [-0.2, -0.15) is 0 Å². The highest BCUT2D eigenvalue weighted by atomic mass is 35.5. The molecule has 26 heavy (non-hydrogen) atoms. The molecular formula is C18H18ClFN4O2. The summed E-state index contributed by atoms with van der Waals surface area (Å²) in [6.45, 7) is 0. The lowest BCUT2D eigenvalue weighted by Crippen LogP contribution is -2.38. The molecular weight excluding hydrogens is 359 g/mol. The van der Waals surface area contributed by atoms with Gasteiger partial charge in [-0.1, -0.05) is 18.0 Å². The topological polar surface area (TPSA) is 94.9 Å². The van der Waals surface area contributed by atoms with E-state index in [9.17, 15) is 14.6 Å². The first-order valence-electron chi connectivity index (χ1n) is 8.53. The highest BCUT2D eigenvalue weighted by Crippen LogP contribution is 2.30. The maximum Gasteiger partial charge on any atom is 0.163 e. The second kappa shape index (κ2) is 6.90. The van der Waals surface area contributed by atoms with Gasteiger partial charge < -0.3 is 15.2 Å². The predicted molar refractivity (Wildman–Crippen MR) is 95.1 cm³/mol. The Morgan fingerprint density at radius 1 is 1.23 bits per heavy atom. The quantitative estimate of drug-likeness (QED) is 0.653. The molecule has 1 aliphatic carbocycles. The number of nitrogens with one attached hydrogen (secondary N) is 1. The molecule has 3 N–H and O–H groups in total. The lowest BCUT2D eigenvalue weighted by Gasteiger charge is -2.31. The zero-order valence-corrected chi connectivity index (χ0v) is 14.6. The van der Waals surface area contributed by atoms with Crippen LogP contribution in [0, 0.1) is 11.7 Å². The Balaban J connectivity index is 1.68. The van der Waals surface area contributed by atoms with Crippen LogP contribution in [-0.2, 0) is 6.42 Å². The number of aromatic amines is 1. The van der Waals surface area contributed by atoms with Crippen molar-refractivity contribution in [2.24, 2.45) is 5.92 Å². The molecule has 0 amide bonds. The first-order chi connectivity index (χ1) is 12.5. The van der Waals surface area contributed by atoms with E-state index in [0.29, 0.717) is 28.5 Å². The van der Waals surface area contributed by atoms with Gasteiger partial charge in [0.05, 0.1) is 29.1 Å². The Hall–Kier alpha value is -2.09. The van der Waals surface area contributed by atoms with E-state index in [-0.39, 0.29) is 18.0 Å². The van der Waals surface area contributed by atoms with Gasteiger partial charge in [-0.15, -0.1) is 0 Å². The van der Waals surface area contributed by atoms with E-state index in [2.05, 4.69) is 19.9 Å². The van der Waals surface area contributed by atoms with Crippen molar-refractivity contribution in [1.82, 2.24) is 19.9 Å². The number of hydrogen-bond donors (Lipinski definition) is 3. The van der Waals surface area contributed by atoms with Gasteiger partial charge in [0, 0.05) is 23.3 Å². The van der Waals surface area contributed by atoms with Gasteiger partial charge in [-0.05, 0) is 31.2 Å². The van der Waals surface area contributed by atoms with E-state index in [1.54, 1.807) is 12.3 Å². The summed E-state index contributed by atoms with van der Waals surface area (Å²) in [5, 5.41) is 21.3. The minimum atomic E-state index is -0.863. The first kappa shape index (κ1) is 17.3. The van der Waals surface area contributed by atoms with E-state index in [1.807, 2.05) is 0 Å². The van der Waals surface area contributed by atoms with Crippen molar-refractivity contribution in [1.29, 1.82) is 0 Å². The summed E-state index contributed by atoms with van der Waals surface area (Å²) in [5.41, 5.74) is 1.56. The summed E-state index contributed by atoms with van der Waals surface area (Å²) in [4.78, 5) is 15.7. The van der Waals surface area contributed by atoms with Crippen molar-refractivity contribution in [2.45, 2.75) is 37.9 Å². The zero-order valence-electron chi connectivity index (χ0n) is 13.9. The molecule has 0 aromatic carbocycles. The maximum atomic E-state index is 14.3. The molecule has 8 heteroatoms. The fourth-order valence-corrected chi connectivity index (χ4v) is 3.71. The van der Waals surface area contributed by atoms with Crippen LogP contribution in [0.25, 0.3) is 22.4 Å². The summed E-state index contributed by atoms with van der Waals surface area (Å²) in [7, 11) is 0. The van der Waals surface area contributed by atoms with E-state index in [4.69, 9.17) is 11.6 Å².